The Morgan fingerprint density at radius 3 is 2.82 bits per heavy atom. The van der Waals surface area contributed by atoms with Crippen molar-refractivity contribution >= 4 is 51.9 Å². The van der Waals surface area contributed by atoms with Crippen molar-refractivity contribution in [2.75, 3.05) is 16.8 Å². The molecular formula is C11H12INO3S. The normalized spacial score (nSPS) is 9.94. The predicted octanol–water partition coefficient (Wildman–Crippen LogP) is 2.44. The molecule has 6 heteroatoms. The van der Waals surface area contributed by atoms with Gasteiger partial charge in [0.1, 0.15) is 0 Å². The number of carboxylic acid groups (broad SMARTS) is 1. The lowest BCUT2D eigenvalue weighted by atomic mass is 10.3. The molecule has 0 aromatic heterocycles. The van der Waals surface area contributed by atoms with Gasteiger partial charge < -0.3 is 10.4 Å². The highest BCUT2D eigenvalue weighted by atomic mass is 127. The molecule has 0 atom stereocenters. The van der Waals surface area contributed by atoms with Gasteiger partial charge in [0.2, 0.25) is 5.91 Å². The molecule has 0 aliphatic rings. The maximum absolute atomic E-state index is 11.5. The van der Waals surface area contributed by atoms with Crippen molar-refractivity contribution in [3.05, 3.63) is 27.8 Å². The van der Waals surface area contributed by atoms with Gasteiger partial charge in [-0.05, 0) is 40.8 Å². The van der Waals surface area contributed by atoms with Crippen LogP contribution in [-0.4, -0.2) is 28.5 Å². The Labute approximate surface area is 117 Å². The SMILES string of the molecule is O=C(O)CCSCC(=O)Nc1cccc(I)c1. The number of amides is 1. The smallest absolute Gasteiger partial charge is 0.304 e. The molecule has 0 spiro atoms. The first-order valence-electron chi connectivity index (χ1n) is 4.93. The van der Waals surface area contributed by atoms with E-state index in [0.717, 1.165) is 9.26 Å². The zero-order chi connectivity index (χ0) is 12.7. The van der Waals surface area contributed by atoms with E-state index in [4.69, 9.17) is 5.11 Å². The van der Waals surface area contributed by atoms with Gasteiger partial charge in [-0.25, -0.2) is 0 Å². The number of carbonyl (C=O) groups excluding carboxylic acids is 1. The van der Waals surface area contributed by atoms with Gasteiger partial charge in [-0.1, -0.05) is 6.07 Å². The van der Waals surface area contributed by atoms with Crippen molar-refractivity contribution < 1.29 is 14.7 Å². The molecule has 1 amide bonds. The van der Waals surface area contributed by atoms with Crippen LogP contribution in [0.25, 0.3) is 0 Å². The minimum absolute atomic E-state index is 0.0845. The largest absolute Gasteiger partial charge is 0.481 e. The summed E-state index contributed by atoms with van der Waals surface area (Å²) in [4.78, 5) is 21.7. The van der Waals surface area contributed by atoms with E-state index in [2.05, 4.69) is 27.9 Å². The number of carbonyl (C=O) groups is 2. The van der Waals surface area contributed by atoms with Crippen molar-refractivity contribution in [2.45, 2.75) is 6.42 Å². The summed E-state index contributed by atoms with van der Waals surface area (Å²) in [7, 11) is 0. The summed E-state index contributed by atoms with van der Waals surface area (Å²) < 4.78 is 1.05. The van der Waals surface area contributed by atoms with Crippen LogP contribution in [0.5, 0.6) is 0 Å². The third-order valence-corrected chi connectivity index (χ3v) is 3.43. The van der Waals surface area contributed by atoms with Gasteiger partial charge in [0.05, 0.1) is 12.2 Å². The number of hydrogen-bond acceptors (Lipinski definition) is 3. The minimum atomic E-state index is -0.837. The summed E-state index contributed by atoms with van der Waals surface area (Å²) >= 11 is 3.49. The van der Waals surface area contributed by atoms with Gasteiger partial charge in [-0.15, -0.1) is 0 Å². The van der Waals surface area contributed by atoms with Crippen LogP contribution in [0.3, 0.4) is 0 Å². The Hall–Kier alpha value is -0.760. The average molecular weight is 365 g/mol. The number of hydrogen-bond donors (Lipinski definition) is 2. The maximum atomic E-state index is 11.5. The molecule has 0 fully saturated rings. The third-order valence-electron chi connectivity index (χ3n) is 1.80. The first kappa shape index (κ1) is 14.3. The summed E-state index contributed by atoms with van der Waals surface area (Å²) in [5.74, 6) is -0.216. The number of benzene rings is 1. The van der Waals surface area contributed by atoms with E-state index >= 15 is 0 Å². The average Bonchev–Trinajstić information content (AvgIpc) is 2.24. The second kappa shape index (κ2) is 7.54. The number of halogens is 1. The maximum Gasteiger partial charge on any atom is 0.304 e. The molecule has 0 saturated heterocycles. The van der Waals surface area contributed by atoms with E-state index in [1.165, 1.54) is 11.8 Å². The number of carboxylic acids is 1. The standard InChI is InChI=1S/C11H12INO3S/c12-8-2-1-3-9(6-8)13-10(14)7-17-5-4-11(15)16/h1-3,6H,4-5,7H2,(H,13,14)(H,15,16). The van der Waals surface area contributed by atoms with Crippen molar-refractivity contribution in [3.8, 4) is 0 Å². The van der Waals surface area contributed by atoms with Gasteiger partial charge >= 0.3 is 5.97 Å². The fraction of sp³-hybridized carbons (Fsp3) is 0.273. The van der Waals surface area contributed by atoms with E-state index < -0.39 is 5.97 Å². The van der Waals surface area contributed by atoms with Crippen LogP contribution in [0, 0.1) is 3.57 Å². The Bertz CT molecular complexity index is 411. The lowest BCUT2D eigenvalue weighted by Gasteiger charge is -2.04. The van der Waals surface area contributed by atoms with Crippen LogP contribution < -0.4 is 5.32 Å². The number of nitrogens with one attached hydrogen (secondary N) is 1. The van der Waals surface area contributed by atoms with Crippen LogP contribution in [0.1, 0.15) is 6.42 Å². The number of anilines is 1. The third kappa shape index (κ3) is 6.52. The van der Waals surface area contributed by atoms with E-state index in [-0.39, 0.29) is 18.1 Å². The first-order valence-corrected chi connectivity index (χ1v) is 7.16. The van der Waals surface area contributed by atoms with Crippen LogP contribution in [-0.2, 0) is 9.59 Å². The second-order valence-corrected chi connectivity index (χ2v) is 5.61. The monoisotopic (exact) mass is 365 g/mol. The van der Waals surface area contributed by atoms with E-state index in [0.29, 0.717) is 5.75 Å². The summed E-state index contributed by atoms with van der Waals surface area (Å²) in [5.41, 5.74) is 0.765. The van der Waals surface area contributed by atoms with Gasteiger partial charge in [0, 0.05) is 15.0 Å². The Balaban J connectivity index is 2.27. The van der Waals surface area contributed by atoms with E-state index in [1.54, 1.807) is 0 Å². The van der Waals surface area contributed by atoms with Crippen molar-refractivity contribution in [2.24, 2.45) is 0 Å². The predicted molar refractivity (Wildman–Crippen MR) is 77.4 cm³/mol. The number of aliphatic carboxylic acids is 1. The highest BCUT2D eigenvalue weighted by Gasteiger charge is 2.04. The summed E-state index contributed by atoms with van der Waals surface area (Å²) in [6.45, 7) is 0. The molecule has 17 heavy (non-hydrogen) atoms. The molecule has 0 aliphatic carbocycles. The summed E-state index contributed by atoms with van der Waals surface area (Å²) in [6, 6.07) is 7.51. The summed E-state index contributed by atoms with van der Waals surface area (Å²) in [6.07, 6.45) is 0.0845. The Morgan fingerprint density at radius 2 is 2.18 bits per heavy atom. The van der Waals surface area contributed by atoms with E-state index in [9.17, 15) is 9.59 Å². The molecule has 0 saturated carbocycles. The molecule has 2 N–H and O–H groups in total. The van der Waals surface area contributed by atoms with Gasteiger partial charge in [0.15, 0.2) is 0 Å². The van der Waals surface area contributed by atoms with Crippen LogP contribution >= 0.6 is 34.4 Å². The molecule has 0 bridgehead atoms. The zero-order valence-corrected chi connectivity index (χ0v) is 12.0. The highest BCUT2D eigenvalue weighted by Crippen LogP contribution is 2.13. The number of thioether (sulfide) groups is 1. The molecule has 1 rings (SSSR count). The molecule has 1 aromatic rings. The fourth-order valence-corrected chi connectivity index (χ4v) is 2.35. The molecule has 0 aliphatic heterocycles. The molecule has 0 heterocycles. The van der Waals surface area contributed by atoms with Crippen molar-refractivity contribution in [1.29, 1.82) is 0 Å². The van der Waals surface area contributed by atoms with Crippen LogP contribution in [0.2, 0.25) is 0 Å². The van der Waals surface area contributed by atoms with Gasteiger partial charge in [-0.3, -0.25) is 9.59 Å². The molecule has 92 valence electrons. The Morgan fingerprint density at radius 1 is 1.41 bits per heavy atom. The fourth-order valence-electron chi connectivity index (χ4n) is 1.09. The molecule has 4 nitrogen and oxygen atoms in total. The van der Waals surface area contributed by atoms with Gasteiger partial charge in [-0.2, -0.15) is 11.8 Å². The lowest BCUT2D eigenvalue weighted by Crippen LogP contribution is -2.14. The zero-order valence-electron chi connectivity index (χ0n) is 8.98. The quantitative estimate of drug-likeness (QED) is 0.600. The van der Waals surface area contributed by atoms with Gasteiger partial charge in [0.25, 0.3) is 0 Å². The Kier molecular flexibility index (Phi) is 6.35. The van der Waals surface area contributed by atoms with Crippen molar-refractivity contribution in [3.63, 3.8) is 0 Å². The molecule has 1 aromatic carbocycles. The van der Waals surface area contributed by atoms with Crippen LogP contribution in [0.15, 0.2) is 24.3 Å². The summed E-state index contributed by atoms with van der Waals surface area (Å²) in [5, 5.41) is 11.2. The number of rotatable bonds is 6. The first-order chi connectivity index (χ1) is 8.08. The molecule has 0 radical (unpaired) electrons. The topological polar surface area (TPSA) is 66.4 Å². The molecule has 0 unspecified atom stereocenters. The molecular weight excluding hydrogens is 353 g/mol. The van der Waals surface area contributed by atoms with Crippen molar-refractivity contribution in [1.82, 2.24) is 0 Å². The minimum Gasteiger partial charge on any atom is -0.481 e. The lowest BCUT2D eigenvalue weighted by molar-refractivity contribution is -0.136. The van der Waals surface area contributed by atoms with E-state index in [1.807, 2.05) is 24.3 Å². The highest BCUT2D eigenvalue weighted by molar-refractivity contribution is 14.1. The van der Waals surface area contributed by atoms with Crippen LogP contribution in [0.4, 0.5) is 5.69 Å². The second-order valence-electron chi connectivity index (χ2n) is 3.25.